The van der Waals surface area contributed by atoms with Gasteiger partial charge >= 0.3 is 0 Å². The van der Waals surface area contributed by atoms with Crippen molar-refractivity contribution in [1.82, 2.24) is 19.9 Å². The number of H-pyrrole nitrogens is 2. The molecule has 3 N–H and O–H groups in total. The van der Waals surface area contributed by atoms with Gasteiger partial charge in [-0.2, -0.15) is 0 Å². The van der Waals surface area contributed by atoms with Crippen LogP contribution < -0.4 is 10.9 Å². The zero-order valence-corrected chi connectivity index (χ0v) is 15.3. The Balaban J connectivity index is 1.83. The third-order valence-corrected chi connectivity index (χ3v) is 4.85. The van der Waals surface area contributed by atoms with Crippen LogP contribution in [0.2, 0.25) is 0 Å². The third kappa shape index (κ3) is 3.26. The summed E-state index contributed by atoms with van der Waals surface area (Å²) in [5.74, 6) is 0.260. The van der Waals surface area contributed by atoms with Crippen LogP contribution in [-0.4, -0.2) is 19.9 Å². The molecule has 0 saturated heterocycles. The molecule has 0 bridgehead atoms. The lowest BCUT2D eigenvalue weighted by Gasteiger charge is -2.15. The number of aryl methyl sites for hydroxylation is 1. The number of anilines is 2. The molecule has 0 aliphatic heterocycles. The number of nitrogens with one attached hydrogen (secondary N) is 3. The molecule has 3 heterocycles. The molecule has 138 valence electrons. The zero-order valence-electron chi connectivity index (χ0n) is 14.6. The minimum Gasteiger partial charge on any atom is -0.346 e. The first-order valence-corrected chi connectivity index (χ1v) is 9.01. The van der Waals surface area contributed by atoms with Crippen molar-refractivity contribution >= 4 is 39.7 Å². The molecular formula is C19H17ClFN5O. The van der Waals surface area contributed by atoms with E-state index in [0.717, 1.165) is 5.39 Å². The Labute approximate surface area is 159 Å². The van der Waals surface area contributed by atoms with Gasteiger partial charge in [-0.3, -0.25) is 4.79 Å². The van der Waals surface area contributed by atoms with Gasteiger partial charge in [-0.05, 0) is 31.1 Å². The molecule has 0 spiro atoms. The smallest absolute Gasteiger partial charge is 0.256 e. The maximum Gasteiger partial charge on any atom is 0.256 e. The maximum atomic E-state index is 14.4. The lowest BCUT2D eigenvalue weighted by Crippen LogP contribution is -2.16. The second-order valence-corrected chi connectivity index (χ2v) is 6.74. The van der Waals surface area contributed by atoms with Crippen molar-refractivity contribution in [3.05, 3.63) is 63.2 Å². The second kappa shape index (κ2) is 7.00. The number of rotatable bonds is 4. The molecule has 3 aromatic rings. The fraction of sp³-hybridized carbons (Fsp3) is 0.211. The highest BCUT2D eigenvalue weighted by molar-refractivity contribution is 6.30. The van der Waals surface area contributed by atoms with Crippen molar-refractivity contribution < 1.29 is 4.39 Å². The van der Waals surface area contributed by atoms with Gasteiger partial charge in [0.2, 0.25) is 0 Å². The fourth-order valence-electron chi connectivity index (χ4n) is 3.15. The van der Waals surface area contributed by atoms with E-state index in [-0.39, 0.29) is 28.9 Å². The molecule has 0 aromatic carbocycles. The molecule has 1 aliphatic carbocycles. The molecule has 0 amide bonds. The topological polar surface area (TPSA) is 86.5 Å². The summed E-state index contributed by atoms with van der Waals surface area (Å²) in [6.45, 7) is 1.93. The van der Waals surface area contributed by atoms with E-state index in [0.29, 0.717) is 40.7 Å². The van der Waals surface area contributed by atoms with Crippen molar-refractivity contribution in [3.63, 3.8) is 0 Å². The summed E-state index contributed by atoms with van der Waals surface area (Å²) in [7, 11) is 0. The molecule has 27 heavy (non-hydrogen) atoms. The van der Waals surface area contributed by atoms with Gasteiger partial charge in [-0.25, -0.2) is 14.4 Å². The number of nitrogens with zero attached hydrogens (tertiary/aromatic N) is 2. The quantitative estimate of drug-likeness (QED) is 0.615. The van der Waals surface area contributed by atoms with E-state index in [4.69, 9.17) is 11.6 Å². The summed E-state index contributed by atoms with van der Waals surface area (Å²) in [6, 6.07) is 3.51. The molecule has 0 atom stereocenters. The van der Waals surface area contributed by atoms with E-state index in [1.807, 2.05) is 13.0 Å². The van der Waals surface area contributed by atoms with Crippen LogP contribution in [0.1, 0.15) is 31.0 Å². The molecule has 3 aromatic heterocycles. The monoisotopic (exact) mass is 385 g/mol. The van der Waals surface area contributed by atoms with Gasteiger partial charge in [-0.1, -0.05) is 18.5 Å². The number of hydrogen-bond acceptors (Lipinski definition) is 4. The van der Waals surface area contributed by atoms with Crippen molar-refractivity contribution in [2.24, 2.45) is 0 Å². The first kappa shape index (κ1) is 17.5. The zero-order chi connectivity index (χ0) is 19.0. The van der Waals surface area contributed by atoms with Crippen molar-refractivity contribution in [3.8, 4) is 0 Å². The average molecular weight is 386 g/mol. The van der Waals surface area contributed by atoms with Crippen LogP contribution in [0.5, 0.6) is 0 Å². The summed E-state index contributed by atoms with van der Waals surface area (Å²) in [5, 5.41) is 4.60. The minimum absolute atomic E-state index is 0.193. The Kier molecular flexibility index (Phi) is 4.53. The Hall–Kier alpha value is -2.93. The van der Waals surface area contributed by atoms with Crippen LogP contribution in [0.25, 0.3) is 16.6 Å². The van der Waals surface area contributed by atoms with Gasteiger partial charge in [0.25, 0.3) is 5.56 Å². The van der Waals surface area contributed by atoms with Gasteiger partial charge in [-0.15, -0.1) is 0 Å². The van der Waals surface area contributed by atoms with Crippen LogP contribution in [0, 0.1) is 0 Å². The van der Waals surface area contributed by atoms with Crippen molar-refractivity contribution in [2.75, 3.05) is 5.32 Å². The number of aromatic amines is 2. The third-order valence-electron chi connectivity index (χ3n) is 4.55. The summed E-state index contributed by atoms with van der Waals surface area (Å²) in [6.07, 6.45) is 5.98. The van der Waals surface area contributed by atoms with Gasteiger partial charge in [0.15, 0.2) is 0 Å². The summed E-state index contributed by atoms with van der Waals surface area (Å²) >= 11 is 6.07. The second-order valence-electron chi connectivity index (χ2n) is 6.25. The van der Waals surface area contributed by atoms with E-state index in [9.17, 15) is 9.18 Å². The predicted octanol–water partition coefficient (Wildman–Crippen LogP) is 4.55. The molecular weight excluding hydrogens is 369 g/mol. The molecule has 4 rings (SSSR count). The van der Waals surface area contributed by atoms with Crippen LogP contribution in [-0.2, 0) is 6.42 Å². The van der Waals surface area contributed by atoms with Crippen molar-refractivity contribution in [2.45, 2.75) is 26.2 Å². The first-order chi connectivity index (χ1) is 13.1. The lowest BCUT2D eigenvalue weighted by molar-refractivity contribution is 0.590. The number of allylic oxidation sites excluding steroid dienone is 4. The van der Waals surface area contributed by atoms with E-state index in [1.54, 1.807) is 12.3 Å². The molecule has 0 unspecified atom stereocenters. The van der Waals surface area contributed by atoms with Crippen LogP contribution >= 0.6 is 11.6 Å². The summed E-state index contributed by atoms with van der Waals surface area (Å²) < 4.78 is 14.4. The Morgan fingerprint density at radius 3 is 3.00 bits per heavy atom. The first-order valence-electron chi connectivity index (χ1n) is 8.63. The maximum absolute atomic E-state index is 14.4. The summed E-state index contributed by atoms with van der Waals surface area (Å²) in [4.78, 5) is 26.9. The predicted molar refractivity (Wildman–Crippen MR) is 105 cm³/mol. The Bertz CT molecular complexity index is 1140. The molecule has 1 aliphatic rings. The SMILES string of the molecule is CCc1[nH]c(=O)c(C2=C(F)CCC(Cl)=C2)cc1Nc1ncnc2[nH]ccc12. The standard InChI is InChI=1S/C19H17ClFN5O/c1-2-15-16(25-18-11-5-6-22-17(11)23-9-24-18)8-13(19(27)26-15)12-7-10(20)3-4-14(12)21/h5-9H,2-4H2,1H3,(H,26,27)(H2,22,23,24,25). The number of pyridine rings is 1. The number of fused-ring (bicyclic) bond motifs is 1. The van der Waals surface area contributed by atoms with Crippen molar-refractivity contribution in [1.29, 1.82) is 0 Å². The minimum atomic E-state index is -0.348. The molecule has 0 radical (unpaired) electrons. The fourth-order valence-corrected chi connectivity index (χ4v) is 3.36. The number of hydrogen-bond donors (Lipinski definition) is 3. The van der Waals surface area contributed by atoms with Gasteiger partial charge < -0.3 is 15.3 Å². The Morgan fingerprint density at radius 1 is 1.33 bits per heavy atom. The van der Waals surface area contributed by atoms with Crippen LogP contribution in [0.3, 0.4) is 0 Å². The highest BCUT2D eigenvalue weighted by Crippen LogP contribution is 2.33. The average Bonchev–Trinajstić information content (AvgIpc) is 3.15. The van der Waals surface area contributed by atoms with E-state index in [2.05, 4.69) is 25.3 Å². The lowest BCUT2D eigenvalue weighted by atomic mass is 9.98. The van der Waals surface area contributed by atoms with Gasteiger partial charge in [0.05, 0.1) is 16.6 Å². The highest BCUT2D eigenvalue weighted by atomic mass is 35.5. The summed E-state index contributed by atoms with van der Waals surface area (Å²) in [5.41, 5.74) is 2.18. The van der Waals surface area contributed by atoms with E-state index >= 15 is 0 Å². The van der Waals surface area contributed by atoms with Crippen LogP contribution in [0.15, 0.2) is 46.4 Å². The number of halogens is 2. The molecule has 6 nitrogen and oxygen atoms in total. The Morgan fingerprint density at radius 2 is 2.19 bits per heavy atom. The van der Waals surface area contributed by atoms with Gasteiger partial charge in [0.1, 0.15) is 23.6 Å². The molecule has 0 saturated carbocycles. The largest absolute Gasteiger partial charge is 0.346 e. The highest BCUT2D eigenvalue weighted by Gasteiger charge is 2.19. The van der Waals surface area contributed by atoms with E-state index in [1.165, 1.54) is 12.4 Å². The van der Waals surface area contributed by atoms with Gasteiger partial charge in [0, 0.05) is 28.9 Å². The van der Waals surface area contributed by atoms with E-state index < -0.39 is 0 Å². The molecule has 8 heteroatoms. The number of aromatic nitrogens is 4. The van der Waals surface area contributed by atoms with Crippen LogP contribution in [0.4, 0.5) is 15.9 Å². The normalized spacial score (nSPS) is 14.6. The molecule has 0 fully saturated rings.